The average Bonchev–Trinajstić information content (AvgIpc) is 3.29. The van der Waals surface area contributed by atoms with Gasteiger partial charge in [-0.3, -0.25) is 4.79 Å². The normalized spacial score (nSPS) is 16.6. The molecule has 1 atom stereocenters. The van der Waals surface area contributed by atoms with Crippen LogP contribution in [0.2, 0.25) is 0 Å². The van der Waals surface area contributed by atoms with Crippen molar-refractivity contribution < 1.29 is 14.7 Å². The molecular formula is C21H22N4O3. The predicted octanol–water partition coefficient (Wildman–Crippen LogP) is 2.75. The molecule has 2 aromatic heterocycles. The third-order valence-corrected chi connectivity index (χ3v) is 5.25. The number of amides is 1. The topological polar surface area (TPSA) is 87.8 Å². The molecular weight excluding hydrogens is 356 g/mol. The van der Waals surface area contributed by atoms with Crippen LogP contribution in [0.1, 0.15) is 44.2 Å². The number of likely N-dealkylation sites (tertiary alicyclic amines) is 1. The molecule has 1 aliphatic rings. The van der Waals surface area contributed by atoms with E-state index in [2.05, 4.69) is 10.1 Å². The van der Waals surface area contributed by atoms with Gasteiger partial charge >= 0.3 is 5.97 Å². The van der Waals surface area contributed by atoms with E-state index in [-0.39, 0.29) is 11.5 Å². The Kier molecular flexibility index (Phi) is 4.58. The van der Waals surface area contributed by atoms with Gasteiger partial charge in [0, 0.05) is 30.5 Å². The number of rotatable bonds is 4. The average molecular weight is 378 g/mol. The van der Waals surface area contributed by atoms with Crippen molar-refractivity contribution in [3.8, 4) is 0 Å². The van der Waals surface area contributed by atoms with Crippen molar-refractivity contribution in [3.05, 3.63) is 64.6 Å². The van der Waals surface area contributed by atoms with Gasteiger partial charge in [0.25, 0.3) is 5.91 Å². The number of carbonyl (C=O) groups is 2. The smallest absolute Gasteiger partial charge is 0.335 e. The summed E-state index contributed by atoms with van der Waals surface area (Å²) in [5.74, 6) is -0.624. The molecule has 0 saturated carbocycles. The fourth-order valence-corrected chi connectivity index (χ4v) is 3.85. The van der Waals surface area contributed by atoms with Crippen molar-refractivity contribution in [2.75, 3.05) is 13.1 Å². The molecule has 7 heteroatoms. The first-order valence-electron chi connectivity index (χ1n) is 9.36. The van der Waals surface area contributed by atoms with Crippen LogP contribution in [0.25, 0.3) is 5.65 Å². The van der Waals surface area contributed by atoms with E-state index < -0.39 is 5.97 Å². The van der Waals surface area contributed by atoms with Crippen LogP contribution in [-0.4, -0.2) is 49.6 Å². The first kappa shape index (κ1) is 18.2. The highest BCUT2D eigenvalue weighted by Gasteiger charge is 2.28. The standard InChI is InChI=1S/C21H22N4O3/c1-13-9-14(2)25-19(22-13)11-18(23-25)20(26)24-8-7-16(12-24)10-15-3-5-17(6-4-15)21(27)28/h3-6,9,11,16H,7-8,10,12H2,1-2H3,(H,27,28)/t16-/m0/s1. The van der Waals surface area contributed by atoms with E-state index in [0.717, 1.165) is 29.8 Å². The quantitative estimate of drug-likeness (QED) is 0.754. The molecule has 0 bridgehead atoms. The molecule has 1 saturated heterocycles. The Morgan fingerprint density at radius 3 is 2.64 bits per heavy atom. The maximum Gasteiger partial charge on any atom is 0.335 e. The monoisotopic (exact) mass is 378 g/mol. The lowest BCUT2D eigenvalue weighted by molar-refractivity contribution is 0.0696. The van der Waals surface area contributed by atoms with Gasteiger partial charge in [0.2, 0.25) is 0 Å². The van der Waals surface area contributed by atoms with Crippen LogP contribution < -0.4 is 0 Å². The van der Waals surface area contributed by atoms with Gasteiger partial charge in [0.1, 0.15) is 0 Å². The van der Waals surface area contributed by atoms with Crippen LogP contribution in [0.15, 0.2) is 36.4 Å². The Morgan fingerprint density at radius 1 is 1.18 bits per heavy atom. The van der Waals surface area contributed by atoms with Crippen LogP contribution in [0.3, 0.4) is 0 Å². The molecule has 4 rings (SSSR count). The zero-order chi connectivity index (χ0) is 19.8. The summed E-state index contributed by atoms with van der Waals surface area (Å²) < 4.78 is 1.71. The largest absolute Gasteiger partial charge is 0.478 e. The Morgan fingerprint density at radius 2 is 1.93 bits per heavy atom. The molecule has 3 heterocycles. The summed E-state index contributed by atoms with van der Waals surface area (Å²) in [4.78, 5) is 30.1. The zero-order valence-corrected chi connectivity index (χ0v) is 15.9. The van der Waals surface area contributed by atoms with Crippen molar-refractivity contribution >= 4 is 17.5 Å². The molecule has 1 fully saturated rings. The molecule has 28 heavy (non-hydrogen) atoms. The molecule has 0 unspecified atom stereocenters. The number of hydrogen-bond acceptors (Lipinski definition) is 4. The van der Waals surface area contributed by atoms with Gasteiger partial charge in [0.15, 0.2) is 11.3 Å². The molecule has 144 valence electrons. The second kappa shape index (κ2) is 7.07. The number of aryl methyl sites for hydroxylation is 2. The van der Waals surface area contributed by atoms with Crippen molar-refractivity contribution in [2.45, 2.75) is 26.7 Å². The predicted molar refractivity (Wildman–Crippen MR) is 104 cm³/mol. The van der Waals surface area contributed by atoms with E-state index in [1.807, 2.05) is 36.9 Å². The van der Waals surface area contributed by atoms with Gasteiger partial charge in [0.05, 0.1) is 5.56 Å². The van der Waals surface area contributed by atoms with Gasteiger partial charge in [-0.05, 0) is 56.4 Å². The lowest BCUT2D eigenvalue weighted by atomic mass is 9.98. The summed E-state index contributed by atoms with van der Waals surface area (Å²) in [5.41, 5.74) is 4.35. The summed E-state index contributed by atoms with van der Waals surface area (Å²) in [7, 11) is 0. The highest BCUT2D eigenvalue weighted by atomic mass is 16.4. The van der Waals surface area contributed by atoms with Gasteiger partial charge < -0.3 is 10.0 Å². The van der Waals surface area contributed by atoms with Gasteiger partial charge in [-0.2, -0.15) is 5.10 Å². The maximum atomic E-state index is 12.9. The SMILES string of the molecule is Cc1cc(C)n2nc(C(=O)N3CC[C@@H](Cc4ccc(C(=O)O)cc4)C3)cc2n1. The fourth-order valence-electron chi connectivity index (χ4n) is 3.85. The summed E-state index contributed by atoms with van der Waals surface area (Å²) >= 11 is 0. The minimum absolute atomic E-state index is 0.0636. The third-order valence-electron chi connectivity index (χ3n) is 5.25. The number of carbonyl (C=O) groups excluding carboxylic acids is 1. The maximum absolute atomic E-state index is 12.9. The molecule has 3 aromatic rings. The molecule has 1 aliphatic heterocycles. The Bertz CT molecular complexity index is 1060. The van der Waals surface area contributed by atoms with Gasteiger partial charge in [-0.25, -0.2) is 14.3 Å². The van der Waals surface area contributed by atoms with Crippen LogP contribution in [0.4, 0.5) is 0 Å². The Balaban J connectivity index is 1.44. The molecule has 0 aliphatic carbocycles. The van der Waals surface area contributed by atoms with E-state index in [1.165, 1.54) is 0 Å². The number of benzene rings is 1. The van der Waals surface area contributed by atoms with E-state index >= 15 is 0 Å². The first-order chi connectivity index (χ1) is 13.4. The zero-order valence-electron chi connectivity index (χ0n) is 15.9. The Hall–Kier alpha value is -3.22. The lowest BCUT2D eigenvalue weighted by Crippen LogP contribution is -2.29. The number of nitrogens with zero attached hydrogens (tertiary/aromatic N) is 4. The van der Waals surface area contributed by atoms with E-state index in [0.29, 0.717) is 30.3 Å². The van der Waals surface area contributed by atoms with Crippen LogP contribution in [0.5, 0.6) is 0 Å². The van der Waals surface area contributed by atoms with E-state index in [4.69, 9.17) is 5.11 Å². The first-order valence-corrected chi connectivity index (χ1v) is 9.36. The number of carboxylic acid groups (broad SMARTS) is 1. The molecule has 0 radical (unpaired) electrons. The van der Waals surface area contributed by atoms with Crippen molar-refractivity contribution in [3.63, 3.8) is 0 Å². The second-order valence-electron chi connectivity index (χ2n) is 7.45. The third kappa shape index (κ3) is 3.47. The highest BCUT2D eigenvalue weighted by molar-refractivity contribution is 5.93. The number of aromatic nitrogens is 3. The van der Waals surface area contributed by atoms with Crippen molar-refractivity contribution in [1.29, 1.82) is 0 Å². The van der Waals surface area contributed by atoms with Gasteiger partial charge in [-0.1, -0.05) is 12.1 Å². The number of hydrogen-bond donors (Lipinski definition) is 1. The highest BCUT2D eigenvalue weighted by Crippen LogP contribution is 2.23. The molecule has 1 amide bonds. The second-order valence-corrected chi connectivity index (χ2v) is 7.45. The summed E-state index contributed by atoms with van der Waals surface area (Å²) in [6.45, 7) is 5.26. The number of carboxylic acids is 1. The lowest BCUT2D eigenvalue weighted by Gasteiger charge is -2.15. The van der Waals surface area contributed by atoms with Crippen molar-refractivity contribution in [2.24, 2.45) is 5.92 Å². The summed E-state index contributed by atoms with van der Waals surface area (Å²) in [6.07, 6.45) is 1.75. The van der Waals surface area contributed by atoms with Crippen LogP contribution >= 0.6 is 0 Å². The summed E-state index contributed by atoms with van der Waals surface area (Å²) in [5, 5.41) is 13.4. The molecule has 1 N–H and O–H groups in total. The number of aromatic carboxylic acids is 1. The Labute approximate surface area is 162 Å². The van der Waals surface area contributed by atoms with Crippen LogP contribution in [-0.2, 0) is 6.42 Å². The molecule has 0 spiro atoms. The molecule has 7 nitrogen and oxygen atoms in total. The summed E-state index contributed by atoms with van der Waals surface area (Å²) in [6, 6.07) is 10.7. The van der Waals surface area contributed by atoms with E-state index in [1.54, 1.807) is 22.7 Å². The van der Waals surface area contributed by atoms with E-state index in [9.17, 15) is 9.59 Å². The minimum atomic E-state index is -0.920. The van der Waals surface area contributed by atoms with Crippen molar-refractivity contribution in [1.82, 2.24) is 19.5 Å². The number of fused-ring (bicyclic) bond motifs is 1. The molecule has 1 aromatic carbocycles. The minimum Gasteiger partial charge on any atom is -0.478 e. The van der Waals surface area contributed by atoms with Gasteiger partial charge in [-0.15, -0.1) is 0 Å². The van der Waals surface area contributed by atoms with Crippen LogP contribution in [0, 0.1) is 19.8 Å². The fraction of sp³-hybridized carbons (Fsp3) is 0.333.